The zero-order valence-electron chi connectivity index (χ0n) is 15.8. The smallest absolute Gasteiger partial charge is 0.193 e. The molecule has 6 nitrogen and oxygen atoms in total. The van der Waals surface area contributed by atoms with Crippen molar-refractivity contribution in [3.63, 3.8) is 0 Å². The minimum absolute atomic E-state index is 0.866. The Balaban J connectivity index is 1.62. The number of rotatable bonds is 7. The highest BCUT2D eigenvalue weighted by Crippen LogP contribution is 2.04. The Morgan fingerprint density at radius 1 is 1.21 bits per heavy atom. The fourth-order valence-corrected chi connectivity index (χ4v) is 3.10. The molecule has 1 aliphatic heterocycles. The van der Waals surface area contributed by atoms with Gasteiger partial charge in [0, 0.05) is 65.8 Å². The Kier molecular flexibility index (Phi) is 7.59. The second kappa shape index (κ2) is 9.69. The van der Waals surface area contributed by atoms with Gasteiger partial charge in [-0.2, -0.15) is 0 Å². The molecule has 0 spiro atoms. The van der Waals surface area contributed by atoms with Crippen LogP contribution in [0.3, 0.4) is 0 Å². The average Bonchev–Trinajstić information content (AvgIpc) is 2.97. The first-order valence-corrected chi connectivity index (χ1v) is 9.03. The van der Waals surface area contributed by atoms with Crippen LogP contribution in [-0.4, -0.2) is 85.6 Å². The van der Waals surface area contributed by atoms with Crippen LogP contribution in [0, 0.1) is 0 Å². The lowest BCUT2D eigenvalue weighted by molar-refractivity contribution is 0.152. The quantitative estimate of drug-likeness (QED) is 0.460. The minimum atomic E-state index is 0.866. The van der Waals surface area contributed by atoms with Gasteiger partial charge in [-0.1, -0.05) is 0 Å². The fourth-order valence-electron chi connectivity index (χ4n) is 3.10. The lowest BCUT2D eigenvalue weighted by Gasteiger charge is -2.32. The van der Waals surface area contributed by atoms with Crippen LogP contribution in [0.15, 0.2) is 23.3 Å². The summed E-state index contributed by atoms with van der Waals surface area (Å²) in [6.07, 6.45) is 4.51. The van der Waals surface area contributed by atoms with Crippen molar-refractivity contribution in [1.82, 2.24) is 24.6 Å². The van der Waals surface area contributed by atoms with E-state index in [1.165, 1.54) is 51.3 Å². The molecule has 136 valence electrons. The molecule has 1 saturated heterocycles. The van der Waals surface area contributed by atoms with Crippen LogP contribution in [0.4, 0.5) is 0 Å². The van der Waals surface area contributed by atoms with Crippen molar-refractivity contribution in [1.29, 1.82) is 0 Å². The summed E-state index contributed by atoms with van der Waals surface area (Å²) >= 11 is 0. The molecule has 0 unspecified atom stereocenters. The summed E-state index contributed by atoms with van der Waals surface area (Å²) in [4.78, 5) is 11.6. The molecule has 0 aliphatic carbocycles. The number of nitrogens with one attached hydrogen (secondary N) is 1. The van der Waals surface area contributed by atoms with Crippen molar-refractivity contribution in [3.05, 3.63) is 24.0 Å². The molecule has 24 heavy (non-hydrogen) atoms. The highest BCUT2D eigenvalue weighted by atomic mass is 15.3. The molecule has 1 aliphatic rings. The number of aromatic nitrogens is 1. The topological polar surface area (TPSA) is 39.0 Å². The van der Waals surface area contributed by atoms with Gasteiger partial charge in [-0.15, -0.1) is 0 Å². The monoisotopic (exact) mass is 334 g/mol. The standard InChI is InChI=1S/C18H34N6/c1-19-18(23(4)16-17-8-7-10-22(17)3)20-9-5-6-11-24-14-12-21(2)13-15-24/h7-8,10H,5-6,9,11-16H2,1-4H3,(H,19,20). The predicted molar refractivity (Wildman–Crippen MR) is 101 cm³/mol. The fraction of sp³-hybridized carbons (Fsp3) is 0.722. The van der Waals surface area contributed by atoms with E-state index in [4.69, 9.17) is 0 Å². The van der Waals surface area contributed by atoms with E-state index in [0.717, 1.165) is 19.0 Å². The van der Waals surface area contributed by atoms with Gasteiger partial charge < -0.3 is 24.6 Å². The first-order valence-electron chi connectivity index (χ1n) is 9.03. The zero-order chi connectivity index (χ0) is 17.4. The number of guanidine groups is 1. The lowest BCUT2D eigenvalue weighted by atomic mass is 10.2. The van der Waals surface area contributed by atoms with Gasteiger partial charge >= 0.3 is 0 Å². The van der Waals surface area contributed by atoms with Gasteiger partial charge in [0.05, 0.1) is 6.54 Å². The Morgan fingerprint density at radius 2 is 1.96 bits per heavy atom. The number of hydrogen-bond acceptors (Lipinski definition) is 3. The SMILES string of the molecule is CN=C(NCCCCN1CCN(C)CC1)N(C)Cc1cccn1C. The Hall–Kier alpha value is -1.53. The first-order chi connectivity index (χ1) is 11.6. The maximum absolute atomic E-state index is 4.40. The maximum atomic E-state index is 4.40. The molecule has 0 amide bonds. The second-order valence-electron chi connectivity index (χ2n) is 6.79. The largest absolute Gasteiger partial charge is 0.356 e. The Labute approximate surface area is 147 Å². The summed E-state index contributed by atoms with van der Waals surface area (Å²) in [6.45, 7) is 7.90. The van der Waals surface area contributed by atoms with Crippen LogP contribution in [0.2, 0.25) is 0 Å². The molecule has 1 N–H and O–H groups in total. The maximum Gasteiger partial charge on any atom is 0.193 e. The summed E-state index contributed by atoms with van der Waals surface area (Å²) in [5.74, 6) is 0.968. The number of aryl methyl sites for hydroxylation is 1. The molecule has 0 bridgehead atoms. The summed E-state index contributed by atoms with van der Waals surface area (Å²) < 4.78 is 2.15. The number of piperazine rings is 1. The third-order valence-corrected chi connectivity index (χ3v) is 4.80. The van der Waals surface area contributed by atoms with Gasteiger partial charge in [0.25, 0.3) is 0 Å². The molecule has 1 aromatic rings. The van der Waals surface area contributed by atoms with Crippen LogP contribution in [0.1, 0.15) is 18.5 Å². The minimum Gasteiger partial charge on any atom is -0.356 e. The van der Waals surface area contributed by atoms with E-state index in [1.54, 1.807) is 0 Å². The van der Waals surface area contributed by atoms with E-state index < -0.39 is 0 Å². The molecule has 0 aromatic carbocycles. The van der Waals surface area contributed by atoms with E-state index in [0.29, 0.717) is 0 Å². The molecule has 2 rings (SSSR count). The summed E-state index contributed by atoms with van der Waals surface area (Å²) in [5.41, 5.74) is 1.29. The average molecular weight is 335 g/mol. The Morgan fingerprint density at radius 3 is 2.58 bits per heavy atom. The van der Waals surface area contributed by atoms with Crippen molar-refractivity contribution >= 4 is 5.96 Å². The molecule has 1 aromatic heterocycles. The summed E-state index contributed by atoms with van der Waals surface area (Å²) in [5, 5.41) is 3.49. The number of aliphatic imine (C=N–C) groups is 1. The van der Waals surface area contributed by atoms with Crippen LogP contribution in [0.5, 0.6) is 0 Å². The highest BCUT2D eigenvalue weighted by Gasteiger charge is 2.13. The van der Waals surface area contributed by atoms with Gasteiger partial charge in [-0.3, -0.25) is 4.99 Å². The van der Waals surface area contributed by atoms with E-state index in [2.05, 4.69) is 69.0 Å². The highest BCUT2D eigenvalue weighted by molar-refractivity contribution is 5.79. The Bertz CT molecular complexity index is 501. The number of nitrogens with zero attached hydrogens (tertiary/aromatic N) is 5. The van der Waals surface area contributed by atoms with E-state index in [9.17, 15) is 0 Å². The van der Waals surface area contributed by atoms with Crippen molar-refractivity contribution in [2.75, 3.05) is 60.4 Å². The summed E-state index contributed by atoms with van der Waals surface area (Å²) in [6, 6.07) is 4.23. The second-order valence-corrected chi connectivity index (χ2v) is 6.79. The van der Waals surface area contributed by atoms with Crippen LogP contribution in [-0.2, 0) is 13.6 Å². The molecule has 1 fully saturated rings. The van der Waals surface area contributed by atoms with E-state index >= 15 is 0 Å². The third kappa shape index (κ3) is 5.83. The zero-order valence-corrected chi connectivity index (χ0v) is 15.8. The molecule has 2 heterocycles. The number of likely N-dealkylation sites (N-methyl/N-ethyl adjacent to an activating group) is 1. The molecule has 0 radical (unpaired) electrons. The lowest BCUT2D eigenvalue weighted by Crippen LogP contribution is -2.44. The predicted octanol–water partition coefficient (Wildman–Crippen LogP) is 1.06. The van der Waals surface area contributed by atoms with Crippen molar-refractivity contribution in [3.8, 4) is 0 Å². The van der Waals surface area contributed by atoms with Crippen LogP contribution >= 0.6 is 0 Å². The molecular formula is C18H34N6. The number of unbranched alkanes of at least 4 members (excludes halogenated alkanes) is 1. The van der Waals surface area contributed by atoms with Gasteiger partial charge in [0.1, 0.15) is 0 Å². The van der Waals surface area contributed by atoms with Crippen molar-refractivity contribution < 1.29 is 0 Å². The summed E-state index contributed by atoms with van der Waals surface area (Å²) in [7, 11) is 8.23. The van der Waals surface area contributed by atoms with Crippen LogP contribution < -0.4 is 5.32 Å². The van der Waals surface area contributed by atoms with Gasteiger partial charge in [0.15, 0.2) is 5.96 Å². The van der Waals surface area contributed by atoms with Gasteiger partial charge in [-0.05, 0) is 38.6 Å². The van der Waals surface area contributed by atoms with E-state index in [1.807, 2.05) is 7.05 Å². The molecule has 6 heteroatoms. The normalized spacial score (nSPS) is 17.2. The molecule has 0 saturated carbocycles. The van der Waals surface area contributed by atoms with Crippen LogP contribution in [0.25, 0.3) is 0 Å². The first kappa shape index (κ1) is 18.8. The molecular weight excluding hydrogens is 300 g/mol. The molecule has 0 atom stereocenters. The van der Waals surface area contributed by atoms with Crippen molar-refractivity contribution in [2.45, 2.75) is 19.4 Å². The number of hydrogen-bond donors (Lipinski definition) is 1. The van der Waals surface area contributed by atoms with Crippen molar-refractivity contribution in [2.24, 2.45) is 12.0 Å². The third-order valence-electron chi connectivity index (χ3n) is 4.80. The van der Waals surface area contributed by atoms with E-state index in [-0.39, 0.29) is 0 Å². The van der Waals surface area contributed by atoms with Gasteiger partial charge in [0.2, 0.25) is 0 Å². The van der Waals surface area contributed by atoms with Gasteiger partial charge in [-0.25, -0.2) is 0 Å².